The number of furan rings is 1. The van der Waals surface area contributed by atoms with E-state index in [0.29, 0.717) is 28.4 Å². The maximum Gasteiger partial charge on any atom is 0.254 e. The van der Waals surface area contributed by atoms with E-state index in [1.807, 2.05) is 0 Å². The van der Waals surface area contributed by atoms with Crippen molar-refractivity contribution in [1.82, 2.24) is 19.7 Å². The third-order valence-corrected chi connectivity index (χ3v) is 5.42. The van der Waals surface area contributed by atoms with Crippen LogP contribution in [0.25, 0.3) is 28.2 Å². The molecular weight excluding hydrogens is 425 g/mol. The van der Waals surface area contributed by atoms with Crippen molar-refractivity contribution in [2.24, 2.45) is 0 Å². The number of aromatic nitrogens is 3. The Balaban J connectivity index is 1.56. The largest absolute Gasteiger partial charge is 0.472 e. The van der Waals surface area contributed by atoms with Gasteiger partial charge in [0.25, 0.3) is 5.91 Å². The highest BCUT2D eigenvalue weighted by molar-refractivity contribution is 5.95. The molecule has 1 aliphatic rings. The van der Waals surface area contributed by atoms with Crippen LogP contribution in [0.15, 0.2) is 53.6 Å². The number of halogens is 1. The summed E-state index contributed by atoms with van der Waals surface area (Å²) in [5.74, 6) is -0.516. The van der Waals surface area contributed by atoms with Crippen molar-refractivity contribution in [3.8, 4) is 22.5 Å². The fourth-order valence-electron chi connectivity index (χ4n) is 3.52. The lowest BCUT2D eigenvalue weighted by molar-refractivity contribution is 0.0938. The van der Waals surface area contributed by atoms with Gasteiger partial charge < -0.3 is 20.2 Å². The molecule has 3 aromatic heterocycles. The predicted molar refractivity (Wildman–Crippen MR) is 121 cm³/mol. The summed E-state index contributed by atoms with van der Waals surface area (Å²) < 4.78 is 21.8. The Hall–Kier alpha value is -3.72. The number of nitrogens with zero attached hydrogens (tertiary/aromatic N) is 3. The Morgan fingerprint density at radius 1 is 1.30 bits per heavy atom. The molecule has 9 heteroatoms. The van der Waals surface area contributed by atoms with Gasteiger partial charge in [-0.2, -0.15) is 0 Å². The number of imidazole rings is 1. The van der Waals surface area contributed by atoms with Gasteiger partial charge in [0.1, 0.15) is 5.82 Å². The number of carbonyl (C=O) groups excluding carboxylic acids is 1. The lowest BCUT2D eigenvalue weighted by Crippen LogP contribution is -2.29. The fourth-order valence-corrected chi connectivity index (χ4v) is 3.52. The van der Waals surface area contributed by atoms with Gasteiger partial charge in [-0.15, -0.1) is 0 Å². The molecule has 3 heterocycles. The minimum Gasteiger partial charge on any atom is -0.472 e. The zero-order chi connectivity index (χ0) is 23.2. The minimum absolute atomic E-state index is 0.0211. The van der Waals surface area contributed by atoms with Crippen molar-refractivity contribution in [2.45, 2.75) is 38.3 Å². The molecule has 1 aromatic carbocycles. The molecule has 0 bridgehead atoms. The van der Waals surface area contributed by atoms with Crippen LogP contribution in [-0.2, 0) is 0 Å². The molecule has 0 aliphatic heterocycles. The van der Waals surface area contributed by atoms with Crippen LogP contribution in [-0.4, -0.2) is 43.6 Å². The highest BCUT2D eigenvalue weighted by atomic mass is 19.1. The van der Waals surface area contributed by atoms with Crippen molar-refractivity contribution < 1.29 is 18.7 Å². The molecule has 5 rings (SSSR count). The Kier molecular flexibility index (Phi) is 5.13. The van der Waals surface area contributed by atoms with Gasteiger partial charge in [-0.05, 0) is 44.9 Å². The number of rotatable bonds is 7. The van der Waals surface area contributed by atoms with E-state index in [0.717, 1.165) is 18.4 Å². The van der Waals surface area contributed by atoms with Gasteiger partial charge in [0.2, 0.25) is 0 Å². The SMILES string of the molecule is CC(C)(O)CNc1nc(-c2ccoc2)cn2c(-c3ccc(C(=O)NC4CC4)c(F)c3)cnc12. The van der Waals surface area contributed by atoms with Gasteiger partial charge in [-0.25, -0.2) is 14.4 Å². The minimum atomic E-state index is -0.959. The second kappa shape index (κ2) is 8.00. The number of carbonyl (C=O) groups is 1. The maximum atomic E-state index is 14.8. The first-order valence-corrected chi connectivity index (χ1v) is 10.8. The molecule has 1 saturated carbocycles. The summed E-state index contributed by atoms with van der Waals surface area (Å²) in [5, 5.41) is 16.1. The summed E-state index contributed by atoms with van der Waals surface area (Å²) in [6.45, 7) is 3.64. The first-order chi connectivity index (χ1) is 15.8. The molecule has 0 saturated heterocycles. The summed E-state index contributed by atoms with van der Waals surface area (Å²) in [5.41, 5.74) is 2.18. The van der Waals surface area contributed by atoms with Crippen molar-refractivity contribution in [3.05, 3.63) is 60.6 Å². The Bertz CT molecular complexity index is 1320. The second-order valence-electron chi connectivity index (χ2n) is 8.93. The van der Waals surface area contributed by atoms with E-state index in [1.54, 1.807) is 55.3 Å². The van der Waals surface area contributed by atoms with Crippen LogP contribution in [0.5, 0.6) is 0 Å². The van der Waals surface area contributed by atoms with Crippen LogP contribution < -0.4 is 10.6 Å². The number of hydrogen-bond donors (Lipinski definition) is 3. The molecule has 0 radical (unpaired) electrons. The zero-order valence-corrected chi connectivity index (χ0v) is 18.3. The fraction of sp³-hybridized carbons (Fsp3) is 0.292. The van der Waals surface area contributed by atoms with E-state index < -0.39 is 17.3 Å². The number of aliphatic hydroxyl groups is 1. The molecule has 0 unspecified atom stereocenters. The smallest absolute Gasteiger partial charge is 0.254 e. The molecule has 1 aliphatic carbocycles. The van der Waals surface area contributed by atoms with Gasteiger partial charge in [0, 0.05) is 29.9 Å². The number of hydrogen-bond acceptors (Lipinski definition) is 6. The quantitative estimate of drug-likeness (QED) is 0.396. The van der Waals surface area contributed by atoms with Crippen molar-refractivity contribution in [3.63, 3.8) is 0 Å². The first-order valence-electron chi connectivity index (χ1n) is 10.8. The third kappa shape index (κ3) is 4.45. The Labute approximate surface area is 189 Å². The van der Waals surface area contributed by atoms with Gasteiger partial charge in [-0.3, -0.25) is 9.20 Å². The molecule has 0 spiro atoms. The molecule has 8 nitrogen and oxygen atoms in total. The molecule has 170 valence electrons. The first kappa shape index (κ1) is 21.1. The van der Waals surface area contributed by atoms with Crippen LogP contribution in [0.1, 0.15) is 37.0 Å². The molecular formula is C24H24FN5O3. The maximum absolute atomic E-state index is 14.8. The van der Waals surface area contributed by atoms with Crippen LogP contribution in [0, 0.1) is 5.82 Å². The molecule has 0 atom stereocenters. The molecule has 4 aromatic rings. The predicted octanol–water partition coefficient (Wildman–Crippen LogP) is 3.87. The average Bonchev–Trinajstić information content (AvgIpc) is 3.24. The van der Waals surface area contributed by atoms with Crippen LogP contribution in [0.4, 0.5) is 10.2 Å². The number of nitrogens with one attached hydrogen (secondary N) is 2. The number of anilines is 1. The highest BCUT2D eigenvalue weighted by Crippen LogP contribution is 2.29. The summed E-state index contributed by atoms with van der Waals surface area (Å²) in [7, 11) is 0. The average molecular weight is 449 g/mol. The van der Waals surface area contributed by atoms with Crippen molar-refractivity contribution >= 4 is 17.4 Å². The second-order valence-corrected chi connectivity index (χ2v) is 8.93. The Morgan fingerprint density at radius 2 is 2.12 bits per heavy atom. The molecule has 3 N–H and O–H groups in total. The monoisotopic (exact) mass is 449 g/mol. The number of benzene rings is 1. The van der Waals surface area contributed by atoms with E-state index in [2.05, 4.69) is 20.6 Å². The van der Waals surface area contributed by atoms with Crippen LogP contribution in [0.2, 0.25) is 0 Å². The standard InChI is InChI=1S/C24H24FN5O3/c1-24(2,32)13-27-21-22-26-10-20(30(22)11-19(29-21)15-7-8-33-12-15)14-3-6-17(18(25)9-14)23(31)28-16-4-5-16/h3,6-12,16,32H,4-5,13H2,1-2H3,(H,27,29)(H,28,31). The highest BCUT2D eigenvalue weighted by Gasteiger charge is 2.25. The van der Waals surface area contributed by atoms with Crippen molar-refractivity contribution in [2.75, 3.05) is 11.9 Å². The van der Waals surface area contributed by atoms with E-state index >= 15 is 0 Å². The number of amides is 1. The van der Waals surface area contributed by atoms with Gasteiger partial charge >= 0.3 is 0 Å². The number of fused-ring (bicyclic) bond motifs is 1. The van der Waals surface area contributed by atoms with E-state index in [-0.39, 0.29) is 18.2 Å². The third-order valence-electron chi connectivity index (χ3n) is 5.42. The summed E-state index contributed by atoms with van der Waals surface area (Å²) in [6.07, 6.45) is 8.43. The van der Waals surface area contributed by atoms with E-state index in [9.17, 15) is 14.3 Å². The van der Waals surface area contributed by atoms with E-state index in [1.165, 1.54) is 12.1 Å². The summed E-state index contributed by atoms with van der Waals surface area (Å²) in [6, 6.07) is 6.48. The Morgan fingerprint density at radius 3 is 2.79 bits per heavy atom. The summed E-state index contributed by atoms with van der Waals surface area (Å²) >= 11 is 0. The zero-order valence-electron chi connectivity index (χ0n) is 18.3. The van der Waals surface area contributed by atoms with E-state index in [4.69, 9.17) is 4.42 Å². The normalized spacial score (nSPS) is 13.9. The summed E-state index contributed by atoms with van der Waals surface area (Å²) in [4.78, 5) is 21.4. The molecule has 1 amide bonds. The van der Waals surface area contributed by atoms with Gasteiger partial charge in [0.15, 0.2) is 11.5 Å². The van der Waals surface area contributed by atoms with Crippen molar-refractivity contribution in [1.29, 1.82) is 0 Å². The van der Waals surface area contributed by atoms with Crippen LogP contribution in [0.3, 0.4) is 0 Å². The lowest BCUT2D eigenvalue weighted by atomic mass is 10.1. The topological polar surface area (TPSA) is 105 Å². The lowest BCUT2D eigenvalue weighted by Gasteiger charge is -2.18. The van der Waals surface area contributed by atoms with Gasteiger partial charge in [0.05, 0.1) is 41.3 Å². The van der Waals surface area contributed by atoms with Gasteiger partial charge in [-0.1, -0.05) is 6.07 Å². The van der Waals surface area contributed by atoms with Crippen LogP contribution >= 0.6 is 0 Å². The molecule has 1 fully saturated rings. The molecule has 33 heavy (non-hydrogen) atoms.